The van der Waals surface area contributed by atoms with Crippen LogP contribution in [0.25, 0.3) is 0 Å². The molecule has 4 unspecified atom stereocenters. The molecular formula is C15H24N2O. The van der Waals surface area contributed by atoms with Crippen molar-refractivity contribution in [2.24, 2.45) is 23.6 Å². The van der Waals surface area contributed by atoms with E-state index < -0.39 is 0 Å². The predicted molar refractivity (Wildman–Crippen MR) is 71.6 cm³/mol. The SMILES string of the molecule is NNC(c1ccoc1)C1CCC2CCCCC2C1. The molecule has 0 aromatic carbocycles. The summed E-state index contributed by atoms with van der Waals surface area (Å²) in [5.74, 6) is 8.39. The minimum absolute atomic E-state index is 0.270. The largest absolute Gasteiger partial charge is 0.472 e. The molecular weight excluding hydrogens is 224 g/mol. The van der Waals surface area contributed by atoms with Crippen molar-refractivity contribution in [2.45, 2.75) is 51.0 Å². The fraction of sp³-hybridized carbons (Fsp3) is 0.733. The molecule has 0 amide bonds. The van der Waals surface area contributed by atoms with Crippen molar-refractivity contribution in [3.8, 4) is 0 Å². The van der Waals surface area contributed by atoms with E-state index in [0.29, 0.717) is 5.92 Å². The van der Waals surface area contributed by atoms with Gasteiger partial charge in [-0.2, -0.15) is 0 Å². The Bertz CT molecular complexity index is 363. The summed E-state index contributed by atoms with van der Waals surface area (Å²) in [6.45, 7) is 0. The lowest BCUT2D eigenvalue weighted by Gasteiger charge is -2.41. The van der Waals surface area contributed by atoms with Crippen molar-refractivity contribution < 1.29 is 4.42 Å². The summed E-state index contributed by atoms with van der Waals surface area (Å²) in [4.78, 5) is 0. The van der Waals surface area contributed by atoms with Crippen molar-refractivity contribution in [2.75, 3.05) is 0 Å². The van der Waals surface area contributed by atoms with Gasteiger partial charge in [0.1, 0.15) is 0 Å². The number of hydrogen-bond acceptors (Lipinski definition) is 3. The molecule has 18 heavy (non-hydrogen) atoms. The van der Waals surface area contributed by atoms with Crippen LogP contribution in [0.5, 0.6) is 0 Å². The minimum Gasteiger partial charge on any atom is -0.472 e. The maximum Gasteiger partial charge on any atom is 0.0950 e. The highest BCUT2D eigenvalue weighted by Crippen LogP contribution is 2.45. The van der Waals surface area contributed by atoms with E-state index in [0.717, 1.165) is 11.8 Å². The van der Waals surface area contributed by atoms with Crippen molar-refractivity contribution in [1.29, 1.82) is 0 Å². The van der Waals surface area contributed by atoms with Gasteiger partial charge in [0.25, 0.3) is 0 Å². The second-order valence-corrected chi connectivity index (χ2v) is 6.08. The highest BCUT2D eigenvalue weighted by molar-refractivity contribution is 5.13. The topological polar surface area (TPSA) is 51.2 Å². The van der Waals surface area contributed by atoms with Gasteiger partial charge >= 0.3 is 0 Å². The molecule has 1 aromatic heterocycles. The molecule has 0 aliphatic heterocycles. The summed E-state index contributed by atoms with van der Waals surface area (Å²) in [5.41, 5.74) is 4.22. The summed E-state index contributed by atoms with van der Waals surface area (Å²) in [5, 5.41) is 0. The molecule has 3 heteroatoms. The van der Waals surface area contributed by atoms with Gasteiger partial charge in [-0.05, 0) is 43.1 Å². The Morgan fingerprint density at radius 3 is 2.72 bits per heavy atom. The van der Waals surface area contributed by atoms with Crippen LogP contribution in [0.2, 0.25) is 0 Å². The van der Waals surface area contributed by atoms with Gasteiger partial charge in [-0.3, -0.25) is 11.3 Å². The van der Waals surface area contributed by atoms with Gasteiger partial charge in [-0.15, -0.1) is 0 Å². The number of hydrazine groups is 1. The van der Waals surface area contributed by atoms with E-state index in [1.54, 1.807) is 6.26 Å². The van der Waals surface area contributed by atoms with Gasteiger partial charge in [0.05, 0.1) is 18.6 Å². The Kier molecular flexibility index (Phi) is 3.71. The maximum atomic E-state index is 5.77. The zero-order chi connectivity index (χ0) is 12.4. The highest BCUT2D eigenvalue weighted by atomic mass is 16.3. The first-order valence-corrected chi connectivity index (χ1v) is 7.36. The van der Waals surface area contributed by atoms with Gasteiger partial charge in [-0.25, -0.2) is 0 Å². The van der Waals surface area contributed by atoms with Gasteiger partial charge in [0.2, 0.25) is 0 Å². The number of furan rings is 1. The van der Waals surface area contributed by atoms with Crippen LogP contribution in [0.15, 0.2) is 23.0 Å². The standard InChI is InChI=1S/C15H24N2O/c16-17-15(14-7-8-18-10-14)13-6-5-11-3-1-2-4-12(11)9-13/h7-8,10-13,15,17H,1-6,9,16H2. The van der Waals surface area contributed by atoms with Crippen molar-refractivity contribution in [3.05, 3.63) is 24.2 Å². The second kappa shape index (κ2) is 5.45. The maximum absolute atomic E-state index is 5.77. The molecule has 1 aromatic rings. The van der Waals surface area contributed by atoms with E-state index in [-0.39, 0.29) is 6.04 Å². The number of rotatable bonds is 3. The van der Waals surface area contributed by atoms with E-state index in [1.807, 2.05) is 12.3 Å². The summed E-state index contributed by atoms with van der Waals surface area (Å²) in [7, 11) is 0. The summed E-state index contributed by atoms with van der Waals surface area (Å²) in [6.07, 6.45) is 13.4. The molecule has 0 radical (unpaired) electrons. The lowest BCUT2D eigenvalue weighted by atomic mass is 9.65. The van der Waals surface area contributed by atoms with E-state index in [4.69, 9.17) is 10.3 Å². The molecule has 0 spiro atoms. The molecule has 2 saturated carbocycles. The van der Waals surface area contributed by atoms with Crippen molar-refractivity contribution in [3.63, 3.8) is 0 Å². The zero-order valence-electron chi connectivity index (χ0n) is 11.0. The van der Waals surface area contributed by atoms with Crippen LogP contribution >= 0.6 is 0 Å². The Hall–Kier alpha value is -0.800. The third kappa shape index (κ3) is 2.34. The summed E-state index contributed by atoms with van der Waals surface area (Å²) < 4.78 is 5.20. The summed E-state index contributed by atoms with van der Waals surface area (Å²) >= 11 is 0. The van der Waals surface area contributed by atoms with E-state index >= 15 is 0 Å². The molecule has 2 aliphatic carbocycles. The third-order valence-corrected chi connectivity index (χ3v) is 5.13. The Morgan fingerprint density at radius 2 is 2.00 bits per heavy atom. The summed E-state index contributed by atoms with van der Waals surface area (Å²) in [6, 6.07) is 2.31. The lowest BCUT2D eigenvalue weighted by Crippen LogP contribution is -2.38. The third-order valence-electron chi connectivity index (χ3n) is 5.13. The average molecular weight is 248 g/mol. The Labute approximate surface area is 109 Å². The molecule has 2 fully saturated rings. The Balaban J connectivity index is 1.69. The Morgan fingerprint density at radius 1 is 1.17 bits per heavy atom. The van der Waals surface area contributed by atoms with E-state index in [9.17, 15) is 0 Å². The fourth-order valence-electron chi connectivity index (χ4n) is 4.17. The van der Waals surface area contributed by atoms with E-state index in [2.05, 4.69) is 5.43 Å². The van der Waals surface area contributed by atoms with Crippen LogP contribution in [0.4, 0.5) is 0 Å². The lowest BCUT2D eigenvalue weighted by molar-refractivity contribution is 0.109. The molecule has 100 valence electrons. The predicted octanol–water partition coefficient (Wildman–Crippen LogP) is 3.39. The highest BCUT2D eigenvalue weighted by Gasteiger charge is 2.35. The van der Waals surface area contributed by atoms with E-state index in [1.165, 1.54) is 50.5 Å². The zero-order valence-corrected chi connectivity index (χ0v) is 11.0. The monoisotopic (exact) mass is 248 g/mol. The first-order valence-electron chi connectivity index (χ1n) is 7.36. The molecule has 4 atom stereocenters. The molecule has 1 heterocycles. The molecule has 3 rings (SSSR count). The molecule has 3 N–H and O–H groups in total. The first-order chi connectivity index (χ1) is 8.88. The smallest absolute Gasteiger partial charge is 0.0950 e. The fourth-order valence-corrected chi connectivity index (χ4v) is 4.17. The normalized spacial score (nSPS) is 33.9. The van der Waals surface area contributed by atoms with Crippen LogP contribution < -0.4 is 11.3 Å². The van der Waals surface area contributed by atoms with Gasteiger partial charge in [0.15, 0.2) is 0 Å². The molecule has 0 saturated heterocycles. The van der Waals surface area contributed by atoms with Gasteiger partial charge in [0, 0.05) is 5.56 Å². The first kappa shape index (κ1) is 12.2. The minimum atomic E-state index is 0.270. The molecule has 2 aliphatic rings. The van der Waals surface area contributed by atoms with Crippen LogP contribution in [0, 0.1) is 17.8 Å². The second-order valence-electron chi connectivity index (χ2n) is 6.08. The van der Waals surface area contributed by atoms with Crippen LogP contribution in [0.3, 0.4) is 0 Å². The molecule has 3 nitrogen and oxygen atoms in total. The molecule has 0 bridgehead atoms. The van der Waals surface area contributed by atoms with Crippen molar-refractivity contribution in [1.82, 2.24) is 5.43 Å². The van der Waals surface area contributed by atoms with Crippen LogP contribution in [0.1, 0.15) is 56.6 Å². The number of nitrogens with two attached hydrogens (primary N) is 1. The van der Waals surface area contributed by atoms with Crippen LogP contribution in [-0.4, -0.2) is 0 Å². The van der Waals surface area contributed by atoms with Gasteiger partial charge < -0.3 is 4.42 Å². The van der Waals surface area contributed by atoms with Crippen LogP contribution in [-0.2, 0) is 0 Å². The quantitative estimate of drug-likeness (QED) is 0.637. The average Bonchev–Trinajstić information content (AvgIpc) is 2.93. The van der Waals surface area contributed by atoms with Gasteiger partial charge in [-0.1, -0.05) is 25.7 Å². The van der Waals surface area contributed by atoms with Crippen molar-refractivity contribution >= 4 is 0 Å². The number of hydrogen-bond donors (Lipinski definition) is 2. The number of nitrogens with one attached hydrogen (secondary N) is 1. The number of fused-ring (bicyclic) bond motifs is 1.